The van der Waals surface area contributed by atoms with Crippen molar-refractivity contribution >= 4 is 11.6 Å². The Labute approximate surface area is 70.7 Å². The van der Waals surface area contributed by atoms with Crippen molar-refractivity contribution in [2.45, 2.75) is 18.9 Å². The van der Waals surface area contributed by atoms with Crippen LogP contribution in [0.15, 0.2) is 25.0 Å². The minimum absolute atomic E-state index is 0.230. The highest BCUT2D eigenvalue weighted by Gasteiger charge is 2.45. The molecule has 0 spiro atoms. The number of hydrogen-bond acceptors (Lipinski definition) is 3. The molecule has 0 saturated heterocycles. The summed E-state index contributed by atoms with van der Waals surface area (Å²) in [5.74, 6) is -0.577. The van der Waals surface area contributed by atoms with E-state index < -0.39 is 5.60 Å². The lowest BCUT2D eigenvalue weighted by Crippen LogP contribution is -2.42. The third-order valence-electron chi connectivity index (χ3n) is 1.89. The zero-order valence-corrected chi connectivity index (χ0v) is 6.87. The lowest BCUT2D eigenvalue weighted by molar-refractivity contribution is -0.144. The van der Waals surface area contributed by atoms with Crippen LogP contribution in [0.4, 0.5) is 0 Å². The molecule has 1 aliphatic rings. The van der Waals surface area contributed by atoms with Gasteiger partial charge in [0.2, 0.25) is 11.4 Å². The van der Waals surface area contributed by atoms with Crippen molar-refractivity contribution in [3.8, 4) is 0 Å². The van der Waals surface area contributed by atoms with Crippen LogP contribution in [0.2, 0.25) is 0 Å². The highest BCUT2D eigenvalue weighted by molar-refractivity contribution is 6.15. The van der Waals surface area contributed by atoms with Gasteiger partial charge in [0, 0.05) is 12.5 Å². The predicted molar refractivity (Wildman–Crippen MR) is 43.5 cm³/mol. The minimum Gasteiger partial charge on any atom is -0.478 e. The maximum atomic E-state index is 11.2. The maximum absolute atomic E-state index is 11.2. The van der Waals surface area contributed by atoms with Gasteiger partial charge in [-0.1, -0.05) is 6.08 Å². The van der Waals surface area contributed by atoms with Gasteiger partial charge in [-0.15, -0.1) is 6.58 Å². The van der Waals surface area contributed by atoms with Gasteiger partial charge < -0.3 is 4.74 Å². The number of carbonyl (C=O) groups is 2. The molecule has 3 nitrogen and oxygen atoms in total. The van der Waals surface area contributed by atoms with E-state index in [0.29, 0.717) is 0 Å². The van der Waals surface area contributed by atoms with Crippen molar-refractivity contribution in [2.75, 3.05) is 0 Å². The van der Waals surface area contributed by atoms with Gasteiger partial charge in [0.15, 0.2) is 5.78 Å². The summed E-state index contributed by atoms with van der Waals surface area (Å²) >= 11 is 0. The molecule has 0 N–H and O–H groups in total. The summed E-state index contributed by atoms with van der Waals surface area (Å²) in [6.45, 7) is 4.82. The number of ketones is 2. The summed E-state index contributed by atoms with van der Waals surface area (Å²) in [7, 11) is 0. The summed E-state index contributed by atoms with van der Waals surface area (Å²) in [5, 5.41) is 0. The first kappa shape index (κ1) is 8.71. The topological polar surface area (TPSA) is 43.4 Å². The molecule has 0 aromatic carbocycles. The molecule has 1 atom stereocenters. The molecule has 0 saturated carbocycles. The average molecular weight is 166 g/mol. The fourth-order valence-corrected chi connectivity index (χ4v) is 1.16. The molecule has 12 heavy (non-hydrogen) atoms. The first-order valence-electron chi connectivity index (χ1n) is 3.64. The van der Waals surface area contributed by atoms with Crippen LogP contribution >= 0.6 is 0 Å². The first-order valence-corrected chi connectivity index (χ1v) is 3.64. The monoisotopic (exact) mass is 166 g/mol. The molecule has 0 fully saturated rings. The van der Waals surface area contributed by atoms with Crippen molar-refractivity contribution in [3.05, 3.63) is 25.0 Å². The Kier molecular flexibility index (Phi) is 2.13. The van der Waals surface area contributed by atoms with Crippen LogP contribution in [0.25, 0.3) is 0 Å². The molecule has 3 heteroatoms. The Morgan fingerprint density at radius 1 is 1.83 bits per heavy atom. The third kappa shape index (κ3) is 1.07. The van der Waals surface area contributed by atoms with Crippen molar-refractivity contribution in [2.24, 2.45) is 0 Å². The summed E-state index contributed by atoms with van der Waals surface area (Å²) in [4.78, 5) is 22.4. The Morgan fingerprint density at radius 2 is 2.50 bits per heavy atom. The van der Waals surface area contributed by atoms with Gasteiger partial charge in [-0.3, -0.25) is 9.59 Å². The molecule has 0 aliphatic carbocycles. The molecular weight excluding hydrogens is 156 g/mol. The van der Waals surface area contributed by atoms with Gasteiger partial charge in [-0.2, -0.15) is 0 Å². The van der Waals surface area contributed by atoms with Gasteiger partial charge in [-0.05, 0) is 6.92 Å². The fraction of sp³-hybridized carbons (Fsp3) is 0.333. The lowest BCUT2D eigenvalue weighted by atomic mass is 9.91. The summed E-state index contributed by atoms with van der Waals surface area (Å²) < 4.78 is 5.00. The molecule has 1 unspecified atom stereocenters. The van der Waals surface area contributed by atoms with Crippen molar-refractivity contribution in [3.63, 3.8) is 0 Å². The predicted octanol–water partition coefficient (Wildman–Crippen LogP) is 1.00. The molecule has 1 aliphatic heterocycles. The second kappa shape index (κ2) is 2.93. The van der Waals surface area contributed by atoms with E-state index in [4.69, 9.17) is 4.74 Å². The SMILES string of the molecule is C=CCC1(C(C)=O)OC=CC1=O. The van der Waals surface area contributed by atoms with Gasteiger partial charge in [0.25, 0.3) is 0 Å². The zero-order valence-electron chi connectivity index (χ0n) is 6.87. The molecule has 1 heterocycles. The third-order valence-corrected chi connectivity index (χ3v) is 1.89. The smallest absolute Gasteiger partial charge is 0.230 e. The Bertz CT molecular complexity index is 265. The largest absolute Gasteiger partial charge is 0.478 e. The molecule has 1 rings (SSSR count). The quantitative estimate of drug-likeness (QED) is 0.464. The van der Waals surface area contributed by atoms with E-state index in [2.05, 4.69) is 6.58 Å². The molecular formula is C9H10O3. The van der Waals surface area contributed by atoms with Gasteiger partial charge in [0.1, 0.15) is 0 Å². The Morgan fingerprint density at radius 3 is 2.83 bits per heavy atom. The van der Waals surface area contributed by atoms with E-state index in [1.54, 1.807) is 0 Å². The van der Waals surface area contributed by atoms with Gasteiger partial charge >= 0.3 is 0 Å². The molecule has 0 aromatic heterocycles. The van der Waals surface area contributed by atoms with E-state index in [1.165, 1.54) is 25.3 Å². The van der Waals surface area contributed by atoms with Crippen LogP contribution in [-0.2, 0) is 14.3 Å². The fourth-order valence-electron chi connectivity index (χ4n) is 1.16. The normalized spacial score (nSPS) is 26.9. The van der Waals surface area contributed by atoms with Gasteiger partial charge in [-0.25, -0.2) is 0 Å². The van der Waals surface area contributed by atoms with Gasteiger partial charge in [0.05, 0.1) is 6.26 Å². The molecule has 0 radical (unpaired) electrons. The Balaban J connectivity index is 2.96. The van der Waals surface area contributed by atoms with E-state index >= 15 is 0 Å². The number of carbonyl (C=O) groups excluding carboxylic acids is 2. The van der Waals surface area contributed by atoms with Crippen LogP contribution in [0.5, 0.6) is 0 Å². The second-order valence-electron chi connectivity index (χ2n) is 2.66. The van der Waals surface area contributed by atoms with E-state index in [-0.39, 0.29) is 18.0 Å². The second-order valence-corrected chi connectivity index (χ2v) is 2.66. The van der Waals surface area contributed by atoms with E-state index in [9.17, 15) is 9.59 Å². The number of rotatable bonds is 3. The van der Waals surface area contributed by atoms with Crippen molar-refractivity contribution in [1.82, 2.24) is 0 Å². The standard InChI is InChI=1S/C9H10O3/c1-3-5-9(7(2)10)8(11)4-6-12-9/h3-4,6H,1,5H2,2H3. The highest BCUT2D eigenvalue weighted by atomic mass is 16.5. The van der Waals surface area contributed by atoms with Crippen LogP contribution in [0.3, 0.4) is 0 Å². The van der Waals surface area contributed by atoms with E-state index in [0.717, 1.165) is 0 Å². The van der Waals surface area contributed by atoms with E-state index in [1.807, 2.05) is 0 Å². The van der Waals surface area contributed by atoms with Crippen LogP contribution in [0.1, 0.15) is 13.3 Å². The molecule has 64 valence electrons. The Hall–Kier alpha value is -1.38. The molecule has 0 aromatic rings. The van der Waals surface area contributed by atoms with Crippen LogP contribution < -0.4 is 0 Å². The summed E-state index contributed by atoms with van der Waals surface area (Å²) in [6, 6.07) is 0. The zero-order chi connectivity index (χ0) is 9.19. The van der Waals surface area contributed by atoms with Crippen LogP contribution in [0, 0.1) is 0 Å². The molecule has 0 bridgehead atoms. The first-order chi connectivity index (χ1) is 5.63. The maximum Gasteiger partial charge on any atom is 0.230 e. The lowest BCUT2D eigenvalue weighted by Gasteiger charge is -2.21. The minimum atomic E-state index is -1.30. The number of hydrogen-bond donors (Lipinski definition) is 0. The van der Waals surface area contributed by atoms with Crippen molar-refractivity contribution < 1.29 is 14.3 Å². The molecule has 0 amide bonds. The number of Topliss-reactive ketones (excluding diaryl/α,β-unsaturated/α-hetero) is 1. The van der Waals surface area contributed by atoms with Crippen molar-refractivity contribution in [1.29, 1.82) is 0 Å². The average Bonchev–Trinajstić information content (AvgIpc) is 2.34. The summed E-state index contributed by atoms with van der Waals surface area (Å²) in [5.41, 5.74) is -1.30. The number of ether oxygens (including phenoxy) is 1. The van der Waals surface area contributed by atoms with Crippen LogP contribution in [-0.4, -0.2) is 17.2 Å². The highest BCUT2D eigenvalue weighted by Crippen LogP contribution is 2.25. The summed E-state index contributed by atoms with van der Waals surface area (Å²) in [6.07, 6.45) is 4.26.